The molecule has 0 N–H and O–H groups in total. The zero-order chi connectivity index (χ0) is 37.2. The van der Waals surface area contributed by atoms with Gasteiger partial charge in [0.2, 0.25) is 0 Å². The first-order valence-electron chi connectivity index (χ1n) is 20.0. The number of carbonyl (C=O) groups excluding carboxylic acids is 2. The fourth-order valence-electron chi connectivity index (χ4n) is 5.22. The van der Waals surface area contributed by atoms with E-state index in [9.17, 15) is 19.0 Å². The fourth-order valence-corrected chi connectivity index (χ4v) is 5.95. The summed E-state index contributed by atoms with van der Waals surface area (Å²) >= 11 is 0. The third kappa shape index (κ3) is 36.3. The number of unbranched alkanes of at least 4 members (excludes halogenated alkanes) is 18. The lowest BCUT2D eigenvalue weighted by Crippen LogP contribution is -2.37. The number of ether oxygens (including phenoxy) is 2. The normalized spacial score (nSPS) is 14.0. The fraction of sp³-hybridized carbons (Fsp3) is 0.850. The predicted octanol–water partition coefficient (Wildman–Crippen LogP) is 10.2. The number of hydrogen-bond acceptors (Lipinski definition) is 8. The molecule has 0 spiro atoms. The van der Waals surface area contributed by atoms with Gasteiger partial charge in [-0.1, -0.05) is 122 Å². The van der Waals surface area contributed by atoms with Gasteiger partial charge in [-0.05, 0) is 57.8 Å². The van der Waals surface area contributed by atoms with Crippen LogP contribution in [0.25, 0.3) is 0 Å². The van der Waals surface area contributed by atoms with E-state index in [2.05, 4.69) is 38.2 Å². The first-order chi connectivity index (χ1) is 24.0. The van der Waals surface area contributed by atoms with E-state index in [0.717, 1.165) is 64.2 Å². The molecular weight excluding hydrogens is 653 g/mol. The van der Waals surface area contributed by atoms with Gasteiger partial charge in [-0.3, -0.25) is 14.2 Å². The van der Waals surface area contributed by atoms with Crippen LogP contribution in [0.5, 0.6) is 0 Å². The lowest BCUT2D eigenvalue weighted by molar-refractivity contribution is -0.870. The highest BCUT2D eigenvalue weighted by Gasteiger charge is 2.21. The Hall–Kier alpha value is -1.51. The van der Waals surface area contributed by atoms with Gasteiger partial charge < -0.3 is 27.9 Å². The van der Waals surface area contributed by atoms with Crippen molar-refractivity contribution in [2.24, 2.45) is 0 Å². The molecule has 0 aliphatic rings. The minimum atomic E-state index is -4.62. The second-order valence-corrected chi connectivity index (χ2v) is 16.1. The number of esters is 2. The first-order valence-corrected chi connectivity index (χ1v) is 21.5. The number of carbonyl (C=O) groups is 2. The quantitative estimate of drug-likeness (QED) is 0.0206. The molecule has 1 unspecified atom stereocenters. The molecule has 0 aliphatic carbocycles. The summed E-state index contributed by atoms with van der Waals surface area (Å²) in [6, 6.07) is 0. The average molecular weight is 730 g/mol. The second kappa shape index (κ2) is 33.3. The van der Waals surface area contributed by atoms with Gasteiger partial charge >= 0.3 is 11.9 Å². The van der Waals surface area contributed by atoms with Crippen LogP contribution in [0.4, 0.5) is 0 Å². The van der Waals surface area contributed by atoms with Crippen molar-refractivity contribution in [3.63, 3.8) is 0 Å². The number of allylic oxidation sites excluding steroid dienone is 4. The molecule has 0 fully saturated rings. The predicted molar refractivity (Wildman–Crippen MR) is 204 cm³/mol. The highest BCUT2D eigenvalue weighted by atomic mass is 31.2. The molecule has 0 aromatic carbocycles. The summed E-state index contributed by atoms with van der Waals surface area (Å²) in [6.45, 7) is 4.14. The zero-order valence-electron chi connectivity index (χ0n) is 32.8. The maximum Gasteiger partial charge on any atom is 0.306 e. The van der Waals surface area contributed by atoms with E-state index in [4.69, 9.17) is 18.5 Å². The Morgan fingerprint density at radius 3 is 1.58 bits per heavy atom. The highest BCUT2D eigenvalue weighted by molar-refractivity contribution is 7.45. The number of phosphoric ester groups is 1. The maximum atomic E-state index is 12.6. The van der Waals surface area contributed by atoms with Gasteiger partial charge in [0.1, 0.15) is 19.8 Å². The molecule has 2 atom stereocenters. The van der Waals surface area contributed by atoms with E-state index < -0.39 is 32.5 Å². The van der Waals surface area contributed by atoms with Crippen LogP contribution in [0.2, 0.25) is 0 Å². The monoisotopic (exact) mass is 730 g/mol. The van der Waals surface area contributed by atoms with Crippen LogP contribution in [0.1, 0.15) is 168 Å². The maximum absolute atomic E-state index is 12.6. The van der Waals surface area contributed by atoms with Crippen LogP contribution in [0.15, 0.2) is 24.3 Å². The van der Waals surface area contributed by atoms with Crippen molar-refractivity contribution in [1.29, 1.82) is 0 Å². The van der Waals surface area contributed by atoms with Gasteiger partial charge in [-0.25, -0.2) is 0 Å². The van der Waals surface area contributed by atoms with Crippen molar-refractivity contribution in [1.82, 2.24) is 0 Å². The van der Waals surface area contributed by atoms with E-state index in [1.165, 1.54) is 70.6 Å². The Morgan fingerprint density at radius 1 is 0.600 bits per heavy atom. The summed E-state index contributed by atoms with van der Waals surface area (Å²) in [5.41, 5.74) is 0. The summed E-state index contributed by atoms with van der Waals surface area (Å²) in [6.07, 6.45) is 33.5. The number of quaternary nitrogens is 1. The second-order valence-electron chi connectivity index (χ2n) is 14.6. The molecule has 0 bridgehead atoms. The smallest absolute Gasteiger partial charge is 0.306 e. The molecule has 9 nitrogen and oxygen atoms in total. The van der Waals surface area contributed by atoms with Gasteiger partial charge in [0.25, 0.3) is 7.82 Å². The zero-order valence-corrected chi connectivity index (χ0v) is 33.7. The summed E-state index contributed by atoms with van der Waals surface area (Å²) in [7, 11) is 1.15. The van der Waals surface area contributed by atoms with Gasteiger partial charge in [0.15, 0.2) is 6.10 Å². The van der Waals surface area contributed by atoms with Crippen LogP contribution in [0.3, 0.4) is 0 Å². The third-order valence-electron chi connectivity index (χ3n) is 8.44. The van der Waals surface area contributed by atoms with Crippen LogP contribution in [0, 0.1) is 0 Å². The van der Waals surface area contributed by atoms with E-state index in [1.807, 2.05) is 21.1 Å². The van der Waals surface area contributed by atoms with E-state index in [-0.39, 0.29) is 26.1 Å². The minimum absolute atomic E-state index is 0.0347. The molecular formula is C40H76NO8P. The molecule has 0 heterocycles. The lowest BCUT2D eigenvalue weighted by Gasteiger charge is -2.28. The summed E-state index contributed by atoms with van der Waals surface area (Å²) in [4.78, 5) is 37.3. The van der Waals surface area contributed by atoms with Crippen molar-refractivity contribution in [2.75, 3.05) is 47.5 Å². The first kappa shape index (κ1) is 48.5. The van der Waals surface area contributed by atoms with Crippen LogP contribution < -0.4 is 4.89 Å². The molecule has 0 rings (SSSR count). The Kier molecular flexibility index (Phi) is 32.3. The van der Waals surface area contributed by atoms with Crippen molar-refractivity contribution in [3.8, 4) is 0 Å². The molecule has 0 aromatic rings. The number of likely N-dealkylation sites (N-methyl/N-ethyl adjacent to an activating group) is 1. The topological polar surface area (TPSA) is 111 Å². The molecule has 0 radical (unpaired) electrons. The lowest BCUT2D eigenvalue weighted by atomic mass is 10.1. The number of nitrogens with zero attached hydrogens (tertiary/aromatic N) is 1. The van der Waals surface area contributed by atoms with Gasteiger partial charge in [0.05, 0.1) is 27.7 Å². The summed E-state index contributed by atoms with van der Waals surface area (Å²) < 4.78 is 33.7. The Labute approximate surface area is 307 Å². The molecule has 50 heavy (non-hydrogen) atoms. The van der Waals surface area contributed by atoms with E-state index in [0.29, 0.717) is 17.4 Å². The molecule has 0 aliphatic heterocycles. The Morgan fingerprint density at radius 2 is 1.04 bits per heavy atom. The molecule has 0 saturated carbocycles. The van der Waals surface area contributed by atoms with Crippen molar-refractivity contribution in [3.05, 3.63) is 24.3 Å². The average Bonchev–Trinajstić information content (AvgIpc) is 3.06. The number of phosphoric acid groups is 1. The highest BCUT2D eigenvalue weighted by Crippen LogP contribution is 2.38. The van der Waals surface area contributed by atoms with Crippen LogP contribution in [-0.2, 0) is 32.7 Å². The van der Waals surface area contributed by atoms with Gasteiger partial charge in [-0.15, -0.1) is 0 Å². The molecule has 0 saturated heterocycles. The Bertz CT molecular complexity index is 918. The number of rotatable bonds is 36. The van der Waals surface area contributed by atoms with Crippen molar-refractivity contribution < 1.29 is 42.1 Å². The van der Waals surface area contributed by atoms with Crippen LogP contribution in [-0.4, -0.2) is 70.0 Å². The summed E-state index contributed by atoms with van der Waals surface area (Å²) in [5.74, 6) is -0.871. The molecule has 294 valence electrons. The Balaban J connectivity index is 4.45. The molecule has 0 amide bonds. The standard InChI is InChI=1S/C40H76NO8P/c1-6-8-10-12-14-16-18-19-20-21-23-25-27-29-31-33-40(43)49-38(37-48-50(44,45)47-35-34-41(3,4)5)36-46-39(42)32-30-28-26-24-22-17-15-13-11-9-7-2/h13,15,23,25,38H,6-12,14,16-22,24,26-37H2,1-5H3/b15-13+,25-23+/t38-/m1/s1. The minimum Gasteiger partial charge on any atom is -0.756 e. The number of hydrogen-bond donors (Lipinski definition) is 0. The van der Waals surface area contributed by atoms with Gasteiger partial charge in [-0.2, -0.15) is 0 Å². The molecule has 10 heteroatoms. The van der Waals surface area contributed by atoms with Crippen LogP contribution >= 0.6 is 7.82 Å². The van der Waals surface area contributed by atoms with Crippen molar-refractivity contribution in [2.45, 2.75) is 174 Å². The molecule has 0 aromatic heterocycles. The van der Waals surface area contributed by atoms with E-state index >= 15 is 0 Å². The van der Waals surface area contributed by atoms with E-state index in [1.54, 1.807) is 0 Å². The largest absolute Gasteiger partial charge is 0.756 e. The van der Waals surface area contributed by atoms with Crippen molar-refractivity contribution >= 4 is 19.8 Å². The third-order valence-corrected chi connectivity index (χ3v) is 9.41. The van der Waals surface area contributed by atoms with Gasteiger partial charge in [0, 0.05) is 12.8 Å². The SMILES string of the molecule is CCCC/C=C/CCCCCCCC(=O)OC[C@H](COP(=O)([O-])OCC[N+](C)(C)C)OC(=O)CCCC/C=C/CCCCCCCCCCC. The summed E-state index contributed by atoms with van der Waals surface area (Å²) in [5, 5.41) is 0.